The highest BCUT2D eigenvalue weighted by Gasteiger charge is 2.28. The van der Waals surface area contributed by atoms with Crippen molar-refractivity contribution in [3.63, 3.8) is 0 Å². The Morgan fingerprint density at radius 1 is 1.35 bits per heavy atom. The minimum absolute atomic E-state index is 0.871. The third kappa shape index (κ3) is 2.91. The quantitative estimate of drug-likeness (QED) is 0.826. The number of aromatic nitrogens is 2. The summed E-state index contributed by atoms with van der Waals surface area (Å²) in [5.74, 6) is 1.31. The van der Waals surface area contributed by atoms with Crippen LogP contribution >= 0.6 is 0 Å². The topological polar surface area (TPSA) is 33.1 Å². The number of hydrogen-bond donors (Lipinski definition) is 1. The SMILES string of the molecule is CCCc1nc2c(n1CCN(CC)C1CC1)CCNC2. The molecule has 112 valence electrons. The fraction of sp³-hybridized carbons (Fsp3) is 0.812. The van der Waals surface area contributed by atoms with Crippen LogP contribution in [-0.4, -0.2) is 40.1 Å². The van der Waals surface area contributed by atoms with Crippen LogP contribution in [0.4, 0.5) is 0 Å². The Morgan fingerprint density at radius 2 is 2.20 bits per heavy atom. The Labute approximate surface area is 122 Å². The van der Waals surface area contributed by atoms with Crippen LogP contribution in [0.15, 0.2) is 0 Å². The number of imidazole rings is 1. The molecule has 0 spiro atoms. The average molecular weight is 276 g/mol. The lowest BCUT2D eigenvalue weighted by atomic mass is 10.2. The number of fused-ring (bicyclic) bond motifs is 1. The van der Waals surface area contributed by atoms with Crippen molar-refractivity contribution in [3.8, 4) is 0 Å². The van der Waals surface area contributed by atoms with Crippen molar-refractivity contribution in [3.05, 3.63) is 17.2 Å². The molecule has 1 aromatic heterocycles. The molecule has 4 heteroatoms. The Bertz CT molecular complexity index is 448. The normalized spacial score (nSPS) is 18.6. The highest BCUT2D eigenvalue weighted by Crippen LogP contribution is 2.26. The zero-order valence-corrected chi connectivity index (χ0v) is 13.0. The molecule has 1 saturated carbocycles. The van der Waals surface area contributed by atoms with Crippen molar-refractivity contribution in [1.82, 2.24) is 19.8 Å². The predicted molar refractivity (Wildman–Crippen MR) is 81.9 cm³/mol. The first-order chi connectivity index (χ1) is 9.83. The molecule has 0 bridgehead atoms. The van der Waals surface area contributed by atoms with E-state index >= 15 is 0 Å². The summed E-state index contributed by atoms with van der Waals surface area (Å²) in [6, 6.07) is 0.871. The Morgan fingerprint density at radius 3 is 2.90 bits per heavy atom. The molecule has 1 N–H and O–H groups in total. The summed E-state index contributed by atoms with van der Waals surface area (Å²) < 4.78 is 2.53. The minimum Gasteiger partial charge on any atom is -0.330 e. The van der Waals surface area contributed by atoms with Gasteiger partial charge >= 0.3 is 0 Å². The molecule has 0 saturated heterocycles. The van der Waals surface area contributed by atoms with Gasteiger partial charge in [-0.2, -0.15) is 0 Å². The van der Waals surface area contributed by atoms with Crippen molar-refractivity contribution in [2.75, 3.05) is 19.6 Å². The molecular formula is C16H28N4. The van der Waals surface area contributed by atoms with Gasteiger partial charge in [-0.15, -0.1) is 0 Å². The van der Waals surface area contributed by atoms with Gasteiger partial charge < -0.3 is 9.88 Å². The van der Waals surface area contributed by atoms with Gasteiger partial charge in [-0.05, 0) is 25.8 Å². The minimum atomic E-state index is 0.871. The van der Waals surface area contributed by atoms with E-state index in [0.717, 1.165) is 38.5 Å². The van der Waals surface area contributed by atoms with E-state index in [9.17, 15) is 0 Å². The van der Waals surface area contributed by atoms with Crippen LogP contribution in [0.3, 0.4) is 0 Å². The highest BCUT2D eigenvalue weighted by atomic mass is 15.2. The van der Waals surface area contributed by atoms with E-state index in [1.165, 1.54) is 49.6 Å². The number of nitrogens with one attached hydrogen (secondary N) is 1. The standard InChI is InChI=1S/C16H28N4/c1-3-5-16-18-14-12-17-9-8-15(14)20(16)11-10-19(4-2)13-6-7-13/h13,17H,3-12H2,1-2H3. The summed E-state index contributed by atoms with van der Waals surface area (Å²) in [6.45, 7) is 10.1. The maximum Gasteiger partial charge on any atom is 0.109 e. The Balaban J connectivity index is 1.74. The molecule has 4 nitrogen and oxygen atoms in total. The molecule has 20 heavy (non-hydrogen) atoms. The van der Waals surface area contributed by atoms with E-state index in [1.54, 1.807) is 0 Å². The zero-order chi connectivity index (χ0) is 13.9. The first-order valence-electron chi connectivity index (χ1n) is 8.35. The van der Waals surface area contributed by atoms with Crippen LogP contribution in [0, 0.1) is 0 Å². The first-order valence-corrected chi connectivity index (χ1v) is 8.35. The van der Waals surface area contributed by atoms with Gasteiger partial charge in [0.05, 0.1) is 5.69 Å². The molecule has 0 atom stereocenters. The van der Waals surface area contributed by atoms with Gasteiger partial charge in [-0.3, -0.25) is 4.90 Å². The zero-order valence-electron chi connectivity index (χ0n) is 13.0. The molecule has 1 aliphatic carbocycles. The summed E-state index contributed by atoms with van der Waals surface area (Å²) in [5, 5.41) is 3.44. The molecule has 1 aromatic rings. The van der Waals surface area contributed by atoms with Crippen molar-refractivity contribution in [1.29, 1.82) is 0 Å². The second-order valence-electron chi connectivity index (χ2n) is 6.11. The molecule has 0 amide bonds. The van der Waals surface area contributed by atoms with Crippen molar-refractivity contribution >= 4 is 0 Å². The molecule has 1 aliphatic heterocycles. The molecule has 2 heterocycles. The smallest absolute Gasteiger partial charge is 0.109 e. The van der Waals surface area contributed by atoms with Gasteiger partial charge in [0.1, 0.15) is 5.82 Å². The van der Waals surface area contributed by atoms with Crippen LogP contribution < -0.4 is 5.32 Å². The predicted octanol–water partition coefficient (Wildman–Crippen LogP) is 1.97. The van der Waals surface area contributed by atoms with E-state index < -0.39 is 0 Å². The molecule has 3 rings (SSSR count). The molecule has 0 radical (unpaired) electrons. The second kappa shape index (κ2) is 6.27. The van der Waals surface area contributed by atoms with Crippen molar-refractivity contribution in [2.24, 2.45) is 0 Å². The van der Waals surface area contributed by atoms with Crippen molar-refractivity contribution < 1.29 is 0 Å². The van der Waals surface area contributed by atoms with Crippen LogP contribution in [-0.2, 0) is 25.9 Å². The first kappa shape index (κ1) is 14.1. The number of aryl methyl sites for hydroxylation is 1. The summed E-state index contributed by atoms with van der Waals surface area (Å²) in [7, 11) is 0. The van der Waals surface area contributed by atoms with Gasteiger partial charge in [0.15, 0.2) is 0 Å². The van der Waals surface area contributed by atoms with Gasteiger partial charge in [0.25, 0.3) is 0 Å². The highest BCUT2D eigenvalue weighted by molar-refractivity contribution is 5.20. The lowest BCUT2D eigenvalue weighted by molar-refractivity contribution is 0.263. The van der Waals surface area contributed by atoms with E-state index in [-0.39, 0.29) is 0 Å². The number of hydrogen-bond acceptors (Lipinski definition) is 3. The van der Waals surface area contributed by atoms with Gasteiger partial charge in [0.2, 0.25) is 0 Å². The van der Waals surface area contributed by atoms with Crippen LogP contribution in [0.2, 0.25) is 0 Å². The maximum atomic E-state index is 4.89. The maximum absolute atomic E-state index is 4.89. The monoisotopic (exact) mass is 276 g/mol. The number of rotatable bonds is 7. The van der Waals surface area contributed by atoms with E-state index in [4.69, 9.17) is 4.98 Å². The summed E-state index contributed by atoms with van der Waals surface area (Å²) in [5.41, 5.74) is 2.80. The van der Waals surface area contributed by atoms with Gasteiger partial charge in [0, 0.05) is 50.8 Å². The number of likely N-dealkylation sites (N-methyl/N-ethyl adjacent to an activating group) is 1. The molecule has 0 aromatic carbocycles. The summed E-state index contributed by atoms with van der Waals surface area (Å²) >= 11 is 0. The lowest BCUT2D eigenvalue weighted by Crippen LogP contribution is -2.31. The fourth-order valence-corrected chi connectivity index (χ4v) is 3.37. The molecule has 0 unspecified atom stereocenters. The largest absolute Gasteiger partial charge is 0.330 e. The van der Waals surface area contributed by atoms with Crippen LogP contribution in [0.1, 0.15) is 50.3 Å². The van der Waals surface area contributed by atoms with E-state index in [1.807, 2.05) is 0 Å². The third-order valence-electron chi connectivity index (χ3n) is 4.62. The van der Waals surface area contributed by atoms with Crippen LogP contribution in [0.5, 0.6) is 0 Å². The molecule has 2 aliphatic rings. The summed E-state index contributed by atoms with van der Waals surface area (Å²) in [6.07, 6.45) is 6.25. The van der Waals surface area contributed by atoms with Gasteiger partial charge in [-0.25, -0.2) is 4.98 Å². The lowest BCUT2D eigenvalue weighted by Gasteiger charge is -2.22. The molecular weight excluding hydrogens is 248 g/mol. The third-order valence-corrected chi connectivity index (χ3v) is 4.62. The van der Waals surface area contributed by atoms with Gasteiger partial charge in [-0.1, -0.05) is 13.8 Å². The second-order valence-corrected chi connectivity index (χ2v) is 6.11. The number of nitrogens with zero attached hydrogens (tertiary/aromatic N) is 3. The fourth-order valence-electron chi connectivity index (χ4n) is 3.37. The Hall–Kier alpha value is -0.870. The van der Waals surface area contributed by atoms with Crippen molar-refractivity contribution in [2.45, 2.75) is 65.1 Å². The van der Waals surface area contributed by atoms with E-state index in [0.29, 0.717) is 0 Å². The Kier molecular flexibility index (Phi) is 4.41. The average Bonchev–Trinajstić information content (AvgIpc) is 3.24. The van der Waals surface area contributed by atoms with E-state index in [2.05, 4.69) is 28.6 Å². The molecule has 1 fully saturated rings. The summed E-state index contributed by atoms with van der Waals surface area (Å²) in [4.78, 5) is 7.53. The van der Waals surface area contributed by atoms with Crippen LogP contribution in [0.25, 0.3) is 0 Å².